The van der Waals surface area contributed by atoms with E-state index < -0.39 is 6.08 Å². The summed E-state index contributed by atoms with van der Waals surface area (Å²) in [5.41, 5.74) is 0. The monoisotopic (exact) mass is 326 g/mol. The first kappa shape index (κ1) is 16.0. The van der Waals surface area contributed by atoms with E-state index in [1.807, 2.05) is 41.8 Å². The van der Waals surface area contributed by atoms with Crippen molar-refractivity contribution in [1.29, 1.82) is 0 Å². The van der Waals surface area contributed by atoms with Crippen molar-refractivity contribution in [2.75, 3.05) is 7.11 Å². The molecule has 112 valence electrons. The summed E-state index contributed by atoms with van der Waals surface area (Å²) in [7, 11) is 1.60. The van der Waals surface area contributed by atoms with Crippen LogP contribution >= 0.6 is 23.1 Å². The first-order chi connectivity index (χ1) is 10.2. The number of rotatable bonds is 7. The highest BCUT2D eigenvalue weighted by Crippen LogP contribution is 2.30. The van der Waals surface area contributed by atoms with Gasteiger partial charge in [-0.25, -0.2) is 0 Å². The Labute approximate surface area is 131 Å². The topological polar surface area (TPSA) is 9.23 Å². The number of halogens is 2. The van der Waals surface area contributed by atoms with Crippen molar-refractivity contribution >= 4 is 23.1 Å². The Kier molecular flexibility index (Phi) is 6.26. The van der Waals surface area contributed by atoms with Crippen molar-refractivity contribution in [3.63, 3.8) is 0 Å². The number of hydrogen-bond acceptors (Lipinski definition) is 3. The second-order valence-corrected chi connectivity index (χ2v) is 6.75. The predicted octanol–water partition coefficient (Wildman–Crippen LogP) is 5.63. The highest BCUT2D eigenvalue weighted by atomic mass is 32.2. The van der Waals surface area contributed by atoms with Crippen molar-refractivity contribution in [2.24, 2.45) is 0 Å². The molecule has 0 saturated carbocycles. The molecule has 1 nitrogen and oxygen atoms in total. The van der Waals surface area contributed by atoms with Crippen LogP contribution in [0.5, 0.6) is 5.75 Å². The molecular weight excluding hydrogens is 310 g/mol. The van der Waals surface area contributed by atoms with Crippen LogP contribution in [0.2, 0.25) is 0 Å². The minimum absolute atomic E-state index is 0.231. The summed E-state index contributed by atoms with van der Waals surface area (Å²) in [4.78, 5) is 2.19. The third kappa shape index (κ3) is 5.52. The van der Waals surface area contributed by atoms with E-state index in [-0.39, 0.29) is 5.25 Å². The number of hydrogen-bond donors (Lipinski definition) is 0. The van der Waals surface area contributed by atoms with Crippen molar-refractivity contribution in [1.82, 2.24) is 0 Å². The second-order valence-electron chi connectivity index (χ2n) is 4.41. The summed E-state index contributed by atoms with van der Waals surface area (Å²) in [6.07, 6.45) is 0.930. The summed E-state index contributed by atoms with van der Waals surface area (Å²) in [5, 5.41) is 1.78. The normalized spacial score (nSPS) is 12.0. The molecule has 0 fully saturated rings. The van der Waals surface area contributed by atoms with Gasteiger partial charge in [0.1, 0.15) is 5.75 Å². The average Bonchev–Trinajstić information content (AvgIpc) is 2.98. The molecule has 0 radical (unpaired) electrons. The SMILES string of the molecule is COc1ccc(S[C@@H](C=C(F)F)CCc2cccs2)cc1. The highest BCUT2D eigenvalue weighted by Gasteiger charge is 2.11. The molecule has 0 aliphatic carbocycles. The van der Waals surface area contributed by atoms with Gasteiger partial charge in [-0.3, -0.25) is 0 Å². The van der Waals surface area contributed by atoms with E-state index in [9.17, 15) is 8.78 Å². The molecule has 1 atom stereocenters. The molecule has 2 aromatic rings. The molecule has 1 aromatic heterocycles. The summed E-state index contributed by atoms with van der Waals surface area (Å²) < 4.78 is 30.3. The number of thioether (sulfide) groups is 1. The first-order valence-electron chi connectivity index (χ1n) is 6.53. The molecule has 0 N–H and O–H groups in total. The first-order valence-corrected chi connectivity index (χ1v) is 8.29. The lowest BCUT2D eigenvalue weighted by molar-refractivity contribution is 0.414. The molecule has 1 heterocycles. The minimum Gasteiger partial charge on any atom is -0.497 e. The van der Waals surface area contributed by atoms with E-state index in [0.717, 1.165) is 23.1 Å². The van der Waals surface area contributed by atoms with Crippen LogP contribution in [0.4, 0.5) is 8.78 Å². The molecule has 0 bridgehead atoms. The third-order valence-electron chi connectivity index (χ3n) is 2.91. The molecule has 0 aliphatic heterocycles. The Morgan fingerprint density at radius 1 is 1.29 bits per heavy atom. The molecule has 21 heavy (non-hydrogen) atoms. The van der Waals surface area contributed by atoms with Crippen LogP contribution in [0.3, 0.4) is 0 Å². The van der Waals surface area contributed by atoms with Gasteiger partial charge in [-0.2, -0.15) is 8.78 Å². The molecule has 0 aliphatic rings. The maximum atomic E-state index is 12.6. The van der Waals surface area contributed by atoms with Gasteiger partial charge in [-0.15, -0.1) is 23.1 Å². The molecule has 1 aromatic carbocycles. The van der Waals surface area contributed by atoms with Crippen LogP contribution < -0.4 is 4.74 Å². The number of methoxy groups -OCH3 is 1. The Balaban J connectivity index is 1.99. The van der Waals surface area contributed by atoms with Gasteiger partial charge >= 0.3 is 0 Å². The summed E-state index contributed by atoms with van der Waals surface area (Å²) >= 11 is 3.11. The average molecular weight is 326 g/mol. The van der Waals surface area contributed by atoms with Gasteiger partial charge in [0, 0.05) is 15.0 Å². The standard InChI is InChI=1S/C16H16F2OS2/c1-19-12-4-6-14(7-5-12)21-15(11-16(17)18)9-8-13-3-2-10-20-13/h2-7,10-11,15H,8-9H2,1H3/t15-/m1/s1. The van der Waals surface area contributed by atoms with Gasteiger partial charge in [0.2, 0.25) is 0 Å². The van der Waals surface area contributed by atoms with E-state index >= 15 is 0 Å². The third-order valence-corrected chi connectivity index (χ3v) is 5.07. The molecule has 0 amide bonds. The number of thiophene rings is 1. The lowest BCUT2D eigenvalue weighted by atomic mass is 10.2. The zero-order chi connectivity index (χ0) is 15.1. The Bertz CT molecular complexity index is 560. The van der Waals surface area contributed by atoms with E-state index in [1.54, 1.807) is 18.4 Å². The fraction of sp³-hybridized carbons (Fsp3) is 0.250. The van der Waals surface area contributed by atoms with Crippen molar-refractivity contribution in [2.45, 2.75) is 23.0 Å². The van der Waals surface area contributed by atoms with Crippen molar-refractivity contribution in [3.8, 4) is 5.75 Å². The number of benzene rings is 1. The van der Waals surface area contributed by atoms with Gasteiger partial charge < -0.3 is 4.74 Å². The smallest absolute Gasteiger partial charge is 0.267 e. The lowest BCUT2D eigenvalue weighted by Crippen LogP contribution is -2.01. The molecule has 0 spiro atoms. The van der Waals surface area contributed by atoms with Crippen LogP contribution in [-0.2, 0) is 6.42 Å². The van der Waals surface area contributed by atoms with Crippen molar-refractivity contribution in [3.05, 3.63) is 58.8 Å². The van der Waals surface area contributed by atoms with Crippen LogP contribution in [0, 0.1) is 0 Å². The fourth-order valence-electron chi connectivity index (χ4n) is 1.89. The zero-order valence-electron chi connectivity index (χ0n) is 11.6. The van der Waals surface area contributed by atoms with Crippen LogP contribution in [-0.4, -0.2) is 12.4 Å². The van der Waals surface area contributed by atoms with E-state index in [1.165, 1.54) is 16.6 Å². The van der Waals surface area contributed by atoms with Gasteiger partial charge in [-0.05, 0) is 54.6 Å². The molecule has 0 saturated heterocycles. The van der Waals surface area contributed by atoms with Gasteiger partial charge in [0.15, 0.2) is 0 Å². The Morgan fingerprint density at radius 2 is 2.05 bits per heavy atom. The zero-order valence-corrected chi connectivity index (χ0v) is 13.2. The van der Waals surface area contributed by atoms with Gasteiger partial charge in [0.05, 0.1) is 7.11 Å². The molecule has 2 rings (SSSR count). The lowest BCUT2D eigenvalue weighted by Gasteiger charge is -2.12. The molecular formula is C16H16F2OS2. The summed E-state index contributed by atoms with van der Waals surface area (Å²) in [6, 6.07) is 11.5. The fourth-order valence-corrected chi connectivity index (χ4v) is 3.66. The summed E-state index contributed by atoms with van der Waals surface area (Å²) in [5.74, 6) is 0.765. The summed E-state index contributed by atoms with van der Waals surface area (Å²) in [6.45, 7) is 0. The Hall–Kier alpha value is -1.33. The second kappa shape index (κ2) is 8.20. The molecule has 5 heteroatoms. The maximum absolute atomic E-state index is 12.6. The predicted molar refractivity (Wildman–Crippen MR) is 85.6 cm³/mol. The van der Waals surface area contributed by atoms with Crippen LogP contribution in [0.25, 0.3) is 0 Å². The van der Waals surface area contributed by atoms with Crippen LogP contribution in [0.15, 0.2) is 58.8 Å². The largest absolute Gasteiger partial charge is 0.497 e. The number of ether oxygens (including phenoxy) is 1. The van der Waals surface area contributed by atoms with Gasteiger partial charge in [-0.1, -0.05) is 6.07 Å². The molecule has 0 unspecified atom stereocenters. The highest BCUT2D eigenvalue weighted by molar-refractivity contribution is 8.00. The van der Waals surface area contributed by atoms with Crippen molar-refractivity contribution < 1.29 is 13.5 Å². The van der Waals surface area contributed by atoms with E-state index in [0.29, 0.717) is 6.42 Å². The van der Waals surface area contributed by atoms with Crippen LogP contribution in [0.1, 0.15) is 11.3 Å². The van der Waals surface area contributed by atoms with Gasteiger partial charge in [0.25, 0.3) is 6.08 Å². The maximum Gasteiger partial charge on any atom is 0.267 e. The quantitative estimate of drug-likeness (QED) is 0.610. The van der Waals surface area contributed by atoms with E-state index in [2.05, 4.69) is 0 Å². The van der Waals surface area contributed by atoms with E-state index in [4.69, 9.17) is 4.74 Å². The number of aryl methyl sites for hydroxylation is 1. The Morgan fingerprint density at radius 3 is 2.62 bits per heavy atom. The minimum atomic E-state index is -1.62.